The van der Waals surface area contributed by atoms with Crippen LogP contribution < -0.4 is 9.47 Å². The van der Waals surface area contributed by atoms with Gasteiger partial charge in [0.15, 0.2) is 11.5 Å². The van der Waals surface area contributed by atoms with Gasteiger partial charge < -0.3 is 14.0 Å². The number of aromatic nitrogens is 2. The Hall–Kier alpha value is -3.74. The summed E-state index contributed by atoms with van der Waals surface area (Å²) in [5.74, 6) is 0.540. The largest absolute Gasteiger partial charge is 0.493 e. The molecular weight excluding hydrogens is 390 g/mol. The van der Waals surface area contributed by atoms with Crippen molar-refractivity contribution in [3.63, 3.8) is 0 Å². The summed E-state index contributed by atoms with van der Waals surface area (Å²) < 4.78 is 43.6. The van der Waals surface area contributed by atoms with Gasteiger partial charge in [-0.1, -0.05) is 23.4 Å². The molecule has 0 aliphatic carbocycles. The highest BCUT2D eigenvalue weighted by Crippen LogP contribution is 2.33. The average Bonchev–Trinajstić information content (AvgIpc) is 3.24. The molecule has 30 heavy (non-hydrogen) atoms. The van der Waals surface area contributed by atoms with E-state index in [1.807, 2.05) is 31.2 Å². The highest BCUT2D eigenvalue weighted by atomic mass is 19.1. The molecule has 0 unspecified atom stereocenters. The smallest absolute Gasteiger partial charge is 0.258 e. The van der Waals surface area contributed by atoms with Crippen molar-refractivity contribution in [2.45, 2.75) is 13.5 Å². The predicted octanol–water partition coefficient (Wildman–Crippen LogP) is 5.58. The van der Waals surface area contributed by atoms with E-state index in [9.17, 15) is 8.78 Å². The van der Waals surface area contributed by atoms with Crippen molar-refractivity contribution in [3.05, 3.63) is 83.4 Å². The van der Waals surface area contributed by atoms with Crippen LogP contribution in [0.4, 0.5) is 8.78 Å². The molecule has 0 spiro atoms. The zero-order valence-electron chi connectivity index (χ0n) is 16.4. The molecule has 0 amide bonds. The Kier molecular flexibility index (Phi) is 5.43. The Bertz CT molecular complexity index is 1190. The molecular formula is C23H18F2N2O3. The van der Waals surface area contributed by atoms with Gasteiger partial charge in [-0.25, -0.2) is 8.78 Å². The van der Waals surface area contributed by atoms with Crippen LogP contribution in [-0.2, 0) is 6.61 Å². The van der Waals surface area contributed by atoms with Crippen molar-refractivity contribution in [3.8, 4) is 34.3 Å². The van der Waals surface area contributed by atoms with Crippen molar-refractivity contribution in [2.24, 2.45) is 0 Å². The van der Waals surface area contributed by atoms with Crippen molar-refractivity contribution >= 4 is 0 Å². The van der Waals surface area contributed by atoms with E-state index in [-0.39, 0.29) is 12.2 Å². The first kappa shape index (κ1) is 19.6. The third kappa shape index (κ3) is 4.00. The van der Waals surface area contributed by atoms with Crippen LogP contribution in [0.3, 0.4) is 0 Å². The van der Waals surface area contributed by atoms with Crippen LogP contribution in [0.1, 0.15) is 11.1 Å². The molecule has 152 valence electrons. The third-order valence-corrected chi connectivity index (χ3v) is 4.61. The van der Waals surface area contributed by atoms with E-state index >= 15 is 0 Å². The molecule has 0 saturated heterocycles. The molecule has 0 N–H and O–H groups in total. The van der Waals surface area contributed by atoms with Crippen molar-refractivity contribution in [2.75, 3.05) is 7.11 Å². The lowest BCUT2D eigenvalue weighted by atomic mass is 10.1. The maximum absolute atomic E-state index is 13.8. The van der Waals surface area contributed by atoms with E-state index in [4.69, 9.17) is 14.0 Å². The monoisotopic (exact) mass is 408 g/mol. The summed E-state index contributed by atoms with van der Waals surface area (Å²) in [6.07, 6.45) is 0. The molecule has 0 atom stereocenters. The summed E-state index contributed by atoms with van der Waals surface area (Å²) in [6, 6.07) is 16.1. The van der Waals surface area contributed by atoms with Crippen LogP contribution in [-0.4, -0.2) is 17.3 Å². The third-order valence-electron chi connectivity index (χ3n) is 4.61. The molecule has 5 nitrogen and oxygen atoms in total. The van der Waals surface area contributed by atoms with Gasteiger partial charge in [0.25, 0.3) is 5.89 Å². The summed E-state index contributed by atoms with van der Waals surface area (Å²) in [4.78, 5) is 4.47. The summed E-state index contributed by atoms with van der Waals surface area (Å²) in [6.45, 7) is 1.83. The van der Waals surface area contributed by atoms with Crippen LogP contribution in [0.25, 0.3) is 22.8 Å². The fourth-order valence-corrected chi connectivity index (χ4v) is 3.00. The second kappa shape index (κ2) is 8.32. The standard InChI is InChI=1S/C23H18F2N2O3/c1-14-5-3-4-6-18(14)23-26-22(27-30-23)15-7-10-20(21(12-15)28-2)29-13-16-11-17(24)8-9-19(16)25/h3-12H,13H2,1-2H3. The number of benzene rings is 3. The Morgan fingerprint density at radius 1 is 0.967 bits per heavy atom. The molecule has 0 fully saturated rings. The van der Waals surface area contributed by atoms with Gasteiger partial charge in [0.05, 0.1) is 7.11 Å². The van der Waals surface area contributed by atoms with E-state index in [0.717, 1.165) is 29.3 Å². The van der Waals surface area contributed by atoms with E-state index < -0.39 is 11.6 Å². The van der Waals surface area contributed by atoms with Crippen molar-refractivity contribution in [1.82, 2.24) is 10.1 Å². The predicted molar refractivity (Wildman–Crippen MR) is 107 cm³/mol. The molecule has 0 radical (unpaired) electrons. The molecule has 1 heterocycles. The minimum atomic E-state index is -0.539. The lowest BCUT2D eigenvalue weighted by Gasteiger charge is -2.12. The molecule has 7 heteroatoms. The number of halogens is 2. The highest BCUT2D eigenvalue weighted by molar-refractivity contribution is 5.64. The first-order valence-electron chi connectivity index (χ1n) is 9.20. The Morgan fingerprint density at radius 2 is 1.80 bits per heavy atom. The van der Waals surface area contributed by atoms with Gasteiger partial charge >= 0.3 is 0 Å². The number of rotatable bonds is 6. The minimum absolute atomic E-state index is 0.113. The summed E-state index contributed by atoms with van der Waals surface area (Å²) in [5.41, 5.74) is 2.67. The van der Waals surface area contributed by atoms with E-state index in [1.54, 1.807) is 18.2 Å². The topological polar surface area (TPSA) is 57.4 Å². The zero-order chi connectivity index (χ0) is 21.1. The fourth-order valence-electron chi connectivity index (χ4n) is 3.00. The lowest BCUT2D eigenvalue weighted by molar-refractivity contribution is 0.279. The minimum Gasteiger partial charge on any atom is -0.493 e. The Labute approximate surface area is 171 Å². The number of methoxy groups -OCH3 is 1. The first-order chi connectivity index (χ1) is 14.5. The van der Waals surface area contributed by atoms with Gasteiger partial charge in [0.2, 0.25) is 5.82 Å². The lowest BCUT2D eigenvalue weighted by Crippen LogP contribution is -2.01. The number of hydrogen-bond acceptors (Lipinski definition) is 5. The van der Waals surface area contributed by atoms with Gasteiger partial charge in [-0.05, 0) is 55.0 Å². The van der Waals surface area contributed by atoms with Gasteiger partial charge in [-0.15, -0.1) is 0 Å². The molecule has 0 aliphatic rings. The quantitative estimate of drug-likeness (QED) is 0.417. The average molecular weight is 408 g/mol. The summed E-state index contributed by atoms with van der Waals surface area (Å²) in [7, 11) is 1.49. The van der Waals surface area contributed by atoms with Crippen LogP contribution in [0.5, 0.6) is 11.5 Å². The maximum atomic E-state index is 13.8. The first-order valence-corrected chi connectivity index (χ1v) is 9.20. The number of nitrogens with zero attached hydrogens (tertiary/aromatic N) is 2. The second-order valence-corrected chi connectivity index (χ2v) is 6.63. The summed E-state index contributed by atoms with van der Waals surface area (Å²) >= 11 is 0. The van der Waals surface area contributed by atoms with Crippen LogP contribution in [0, 0.1) is 18.6 Å². The molecule has 0 saturated carbocycles. The molecule has 4 aromatic rings. The molecule has 1 aromatic heterocycles. The number of ether oxygens (including phenoxy) is 2. The van der Waals surface area contributed by atoms with Crippen molar-refractivity contribution in [1.29, 1.82) is 0 Å². The van der Waals surface area contributed by atoms with Crippen LogP contribution in [0.2, 0.25) is 0 Å². The fraction of sp³-hybridized carbons (Fsp3) is 0.130. The van der Waals surface area contributed by atoms with E-state index in [0.29, 0.717) is 28.8 Å². The second-order valence-electron chi connectivity index (χ2n) is 6.63. The van der Waals surface area contributed by atoms with Crippen molar-refractivity contribution < 1.29 is 22.8 Å². The molecule has 0 aliphatic heterocycles. The molecule has 4 rings (SSSR count). The van der Waals surface area contributed by atoms with Crippen LogP contribution in [0.15, 0.2) is 65.2 Å². The maximum Gasteiger partial charge on any atom is 0.258 e. The van der Waals surface area contributed by atoms with E-state index in [1.165, 1.54) is 7.11 Å². The van der Waals surface area contributed by atoms with E-state index in [2.05, 4.69) is 10.1 Å². The van der Waals surface area contributed by atoms with Crippen LogP contribution >= 0.6 is 0 Å². The number of hydrogen-bond donors (Lipinski definition) is 0. The zero-order valence-corrected chi connectivity index (χ0v) is 16.4. The number of aryl methyl sites for hydroxylation is 1. The normalized spacial score (nSPS) is 10.8. The SMILES string of the molecule is COc1cc(-c2noc(-c3ccccc3C)n2)ccc1OCc1cc(F)ccc1F. The highest BCUT2D eigenvalue weighted by Gasteiger charge is 2.15. The molecule has 3 aromatic carbocycles. The van der Waals surface area contributed by atoms with Gasteiger partial charge in [-0.3, -0.25) is 0 Å². The molecule has 0 bridgehead atoms. The summed E-state index contributed by atoms with van der Waals surface area (Å²) in [5, 5.41) is 4.05. The Balaban J connectivity index is 1.57. The Morgan fingerprint density at radius 3 is 2.60 bits per heavy atom. The van der Waals surface area contributed by atoms with Gasteiger partial charge in [0, 0.05) is 16.7 Å². The van der Waals surface area contributed by atoms with Gasteiger partial charge in [-0.2, -0.15) is 4.98 Å². The van der Waals surface area contributed by atoms with Gasteiger partial charge in [0.1, 0.15) is 18.2 Å².